The molecule has 2 nitrogen and oxygen atoms in total. The molecule has 0 saturated carbocycles. The van der Waals surface area contributed by atoms with E-state index in [-0.39, 0.29) is 16.7 Å². The zero-order valence-electron chi connectivity index (χ0n) is 11.3. The molecule has 0 aromatic heterocycles. The van der Waals surface area contributed by atoms with E-state index in [1.54, 1.807) is 19.2 Å². The van der Waals surface area contributed by atoms with Gasteiger partial charge in [0.25, 0.3) is 0 Å². The highest BCUT2D eigenvalue weighted by atomic mass is 32.2. The van der Waals surface area contributed by atoms with Crippen LogP contribution in [0.25, 0.3) is 0 Å². The lowest BCUT2D eigenvalue weighted by molar-refractivity contribution is -0.0328. The highest BCUT2D eigenvalue weighted by Crippen LogP contribution is 2.37. The number of anilines is 1. The number of hydrogen-bond donors (Lipinski definition) is 1. The van der Waals surface area contributed by atoms with Gasteiger partial charge in [0.05, 0.1) is 7.11 Å². The van der Waals surface area contributed by atoms with Gasteiger partial charge in [0.15, 0.2) is 0 Å². The minimum absolute atomic E-state index is 0.118. The van der Waals surface area contributed by atoms with E-state index in [0.29, 0.717) is 6.54 Å². The molecule has 0 spiro atoms. The summed E-state index contributed by atoms with van der Waals surface area (Å²) in [6, 6.07) is 13.7. The van der Waals surface area contributed by atoms with Gasteiger partial charge in [-0.3, -0.25) is 0 Å². The summed E-state index contributed by atoms with van der Waals surface area (Å²) in [4.78, 5) is 0.172. The van der Waals surface area contributed by atoms with Gasteiger partial charge in [0.1, 0.15) is 5.75 Å². The van der Waals surface area contributed by atoms with E-state index in [1.807, 2.05) is 24.3 Å². The minimum atomic E-state index is -4.26. The fraction of sp³-hybridized carbons (Fsp3) is 0.200. The van der Waals surface area contributed by atoms with Crippen LogP contribution in [-0.2, 0) is 6.54 Å². The largest absolute Gasteiger partial charge is 0.496 e. The van der Waals surface area contributed by atoms with Crippen LogP contribution in [0.2, 0.25) is 0 Å². The Morgan fingerprint density at radius 3 is 2.33 bits per heavy atom. The Morgan fingerprint density at radius 1 is 1.05 bits per heavy atom. The van der Waals surface area contributed by atoms with Crippen LogP contribution in [0.3, 0.4) is 0 Å². The van der Waals surface area contributed by atoms with Crippen LogP contribution in [0.1, 0.15) is 5.56 Å². The molecule has 0 aliphatic rings. The van der Waals surface area contributed by atoms with Crippen LogP contribution in [0.5, 0.6) is 5.75 Å². The third-order valence-electron chi connectivity index (χ3n) is 2.76. The van der Waals surface area contributed by atoms with Gasteiger partial charge in [-0.1, -0.05) is 18.2 Å². The third kappa shape index (κ3) is 4.90. The molecule has 2 aromatic rings. The van der Waals surface area contributed by atoms with Crippen LogP contribution in [0.15, 0.2) is 53.4 Å². The summed E-state index contributed by atoms with van der Waals surface area (Å²) in [6.07, 6.45) is 0. The van der Waals surface area contributed by atoms with Crippen molar-refractivity contribution in [2.45, 2.75) is 16.9 Å². The number of nitrogens with one attached hydrogen (secondary N) is 1. The van der Waals surface area contributed by atoms with Crippen LogP contribution in [0, 0.1) is 0 Å². The molecule has 112 valence electrons. The van der Waals surface area contributed by atoms with Crippen molar-refractivity contribution in [3.05, 3.63) is 54.1 Å². The molecule has 0 unspecified atom stereocenters. The number of thioether (sulfide) groups is 1. The highest BCUT2D eigenvalue weighted by Gasteiger charge is 2.28. The van der Waals surface area contributed by atoms with Crippen molar-refractivity contribution >= 4 is 17.4 Å². The van der Waals surface area contributed by atoms with Crippen molar-refractivity contribution in [2.75, 3.05) is 12.4 Å². The van der Waals surface area contributed by atoms with Crippen molar-refractivity contribution in [1.29, 1.82) is 0 Å². The Kier molecular flexibility index (Phi) is 5.01. The molecule has 0 atom stereocenters. The lowest BCUT2D eigenvalue weighted by Crippen LogP contribution is -2.02. The number of para-hydroxylation sites is 1. The number of methoxy groups -OCH3 is 1. The maximum absolute atomic E-state index is 12.2. The Bertz CT molecular complexity index is 584. The first-order valence-electron chi connectivity index (χ1n) is 6.19. The van der Waals surface area contributed by atoms with Crippen molar-refractivity contribution in [3.8, 4) is 5.75 Å². The van der Waals surface area contributed by atoms with Gasteiger partial charge in [-0.25, -0.2) is 0 Å². The average Bonchev–Trinajstić information content (AvgIpc) is 2.45. The van der Waals surface area contributed by atoms with Gasteiger partial charge in [0, 0.05) is 22.7 Å². The predicted molar refractivity (Wildman–Crippen MR) is 78.7 cm³/mol. The molecule has 1 N–H and O–H groups in total. The van der Waals surface area contributed by atoms with E-state index >= 15 is 0 Å². The van der Waals surface area contributed by atoms with Crippen LogP contribution in [0.4, 0.5) is 18.9 Å². The smallest absolute Gasteiger partial charge is 0.446 e. The maximum atomic E-state index is 12.2. The molecular formula is C15H14F3NOS. The van der Waals surface area contributed by atoms with E-state index in [0.717, 1.165) is 17.0 Å². The molecule has 0 heterocycles. The zero-order chi connectivity index (χ0) is 15.3. The van der Waals surface area contributed by atoms with E-state index < -0.39 is 5.51 Å². The first-order valence-corrected chi connectivity index (χ1v) is 7.01. The minimum Gasteiger partial charge on any atom is -0.496 e. The Balaban J connectivity index is 1.98. The number of rotatable bonds is 5. The molecule has 6 heteroatoms. The van der Waals surface area contributed by atoms with Crippen LogP contribution >= 0.6 is 11.8 Å². The Hall–Kier alpha value is -1.82. The summed E-state index contributed by atoms with van der Waals surface area (Å²) in [7, 11) is 1.60. The number of ether oxygens (including phenoxy) is 1. The molecule has 2 aromatic carbocycles. The van der Waals surface area contributed by atoms with Gasteiger partial charge in [-0.15, -0.1) is 0 Å². The second-order valence-electron chi connectivity index (χ2n) is 4.24. The number of hydrogen-bond acceptors (Lipinski definition) is 3. The third-order valence-corrected chi connectivity index (χ3v) is 3.50. The van der Waals surface area contributed by atoms with E-state index in [1.165, 1.54) is 12.1 Å². The number of benzene rings is 2. The molecule has 2 rings (SSSR count). The quantitative estimate of drug-likeness (QED) is 0.792. The molecule has 0 aliphatic heterocycles. The van der Waals surface area contributed by atoms with E-state index in [4.69, 9.17) is 4.74 Å². The number of halogens is 3. The van der Waals surface area contributed by atoms with Crippen molar-refractivity contribution in [1.82, 2.24) is 0 Å². The van der Waals surface area contributed by atoms with Gasteiger partial charge >= 0.3 is 5.51 Å². The van der Waals surface area contributed by atoms with E-state index in [2.05, 4.69) is 5.32 Å². The predicted octanol–water partition coefficient (Wildman–Crippen LogP) is 4.92. The molecule has 0 amide bonds. The molecule has 0 radical (unpaired) electrons. The number of alkyl halides is 3. The molecular weight excluding hydrogens is 299 g/mol. The first-order chi connectivity index (χ1) is 9.98. The average molecular weight is 313 g/mol. The summed E-state index contributed by atoms with van der Waals surface area (Å²) in [5.74, 6) is 0.772. The lowest BCUT2D eigenvalue weighted by Gasteiger charge is -2.11. The highest BCUT2D eigenvalue weighted by molar-refractivity contribution is 8.00. The molecule has 0 saturated heterocycles. The molecule has 0 bridgehead atoms. The summed E-state index contributed by atoms with van der Waals surface area (Å²) < 4.78 is 41.9. The monoisotopic (exact) mass is 313 g/mol. The van der Waals surface area contributed by atoms with Gasteiger partial charge in [0.2, 0.25) is 0 Å². The van der Waals surface area contributed by atoms with Crippen LogP contribution in [-0.4, -0.2) is 12.6 Å². The summed E-state index contributed by atoms with van der Waals surface area (Å²) in [5.41, 5.74) is -2.52. The van der Waals surface area contributed by atoms with Gasteiger partial charge in [-0.05, 0) is 42.1 Å². The molecule has 0 aliphatic carbocycles. The molecule has 21 heavy (non-hydrogen) atoms. The van der Waals surface area contributed by atoms with Gasteiger partial charge < -0.3 is 10.1 Å². The summed E-state index contributed by atoms with van der Waals surface area (Å²) in [6.45, 7) is 0.537. The van der Waals surface area contributed by atoms with Gasteiger partial charge in [-0.2, -0.15) is 13.2 Å². The fourth-order valence-electron chi connectivity index (χ4n) is 1.82. The van der Waals surface area contributed by atoms with E-state index in [9.17, 15) is 13.2 Å². The standard InChI is InChI=1S/C15H14F3NOS/c1-20-14-5-3-2-4-11(14)10-19-12-6-8-13(9-7-12)21-15(16,17)18/h2-9,19H,10H2,1H3. The van der Waals surface area contributed by atoms with Crippen molar-refractivity contribution in [2.24, 2.45) is 0 Å². The Labute approximate surface area is 125 Å². The SMILES string of the molecule is COc1ccccc1CNc1ccc(SC(F)(F)F)cc1. The van der Waals surface area contributed by atoms with Crippen molar-refractivity contribution in [3.63, 3.8) is 0 Å². The van der Waals surface area contributed by atoms with Crippen LogP contribution < -0.4 is 10.1 Å². The first kappa shape index (κ1) is 15.6. The maximum Gasteiger partial charge on any atom is 0.446 e. The fourth-order valence-corrected chi connectivity index (χ4v) is 2.36. The topological polar surface area (TPSA) is 21.3 Å². The Morgan fingerprint density at radius 2 is 1.71 bits per heavy atom. The lowest BCUT2D eigenvalue weighted by atomic mass is 10.2. The second-order valence-corrected chi connectivity index (χ2v) is 5.38. The zero-order valence-corrected chi connectivity index (χ0v) is 12.1. The summed E-state index contributed by atoms with van der Waals surface area (Å²) >= 11 is -0.118. The summed E-state index contributed by atoms with van der Waals surface area (Å²) in [5, 5.41) is 3.16. The second kappa shape index (κ2) is 6.76. The molecule has 0 fully saturated rings. The van der Waals surface area contributed by atoms with Crippen molar-refractivity contribution < 1.29 is 17.9 Å². The normalized spacial score (nSPS) is 11.2.